The second kappa shape index (κ2) is 6.06. The molecule has 0 aromatic rings. The van der Waals surface area contributed by atoms with Crippen LogP contribution in [0.25, 0.3) is 0 Å². The minimum atomic E-state index is -1.04. The highest BCUT2D eigenvalue weighted by Crippen LogP contribution is 2.23. The number of nitrogens with two attached hydrogens (primary N) is 1. The van der Waals surface area contributed by atoms with Gasteiger partial charge in [-0.25, -0.2) is 15.6 Å². The van der Waals surface area contributed by atoms with Gasteiger partial charge in [0.25, 0.3) is 0 Å². The van der Waals surface area contributed by atoms with Crippen LogP contribution in [0.15, 0.2) is 0 Å². The molecule has 1 rings (SSSR count). The van der Waals surface area contributed by atoms with E-state index in [2.05, 4.69) is 5.32 Å². The van der Waals surface area contributed by atoms with E-state index in [1.54, 1.807) is 0 Å². The molecule has 2 unspecified atom stereocenters. The molecule has 0 aromatic carbocycles. The lowest BCUT2D eigenvalue weighted by Gasteiger charge is -2.34. The van der Waals surface area contributed by atoms with Gasteiger partial charge < -0.3 is 10.4 Å². The number of carbonyl (C=O) groups is 1. The summed E-state index contributed by atoms with van der Waals surface area (Å²) in [5.74, 6) is 6.21. The topological polar surface area (TPSA) is 78.6 Å². The van der Waals surface area contributed by atoms with Crippen LogP contribution in [-0.4, -0.2) is 35.3 Å². The Kier molecular flexibility index (Phi) is 5.02. The van der Waals surface area contributed by atoms with Gasteiger partial charge in [0, 0.05) is 0 Å². The van der Waals surface area contributed by atoms with Crippen LogP contribution in [0.4, 0.5) is 4.79 Å². The normalized spacial score (nSPS) is 23.9. The van der Waals surface area contributed by atoms with E-state index in [0.29, 0.717) is 5.92 Å². The van der Waals surface area contributed by atoms with E-state index in [1.165, 1.54) is 6.42 Å². The summed E-state index contributed by atoms with van der Waals surface area (Å²) in [6, 6.07) is -0.0944. The molecule has 1 aliphatic heterocycles. The van der Waals surface area contributed by atoms with E-state index in [0.717, 1.165) is 30.9 Å². The van der Waals surface area contributed by atoms with E-state index in [-0.39, 0.29) is 12.0 Å². The molecule has 16 heavy (non-hydrogen) atoms. The average Bonchev–Trinajstić information content (AvgIpc) is 2.46. The lowest BCUT2D eigenvalue weighted by molar-refractivity contribution is 0.0816. The number of nitrogens with zero attached hydrogens (tertiary/aromatic N) is 1. The number of hydrazine groups is 1. The number of nitrogens with one attached hydrogen (secondary N) is 1. The molecular weight excluding hydrogens is 206 g/mol. The third kappa shape index (κ3) is 3.35. The van der Waals surface area contributed by atoms with Crippen molar-refractivity contribution in [3.8, 4) is 0 Å². The fraction of sp³-hybridized carbons (Fsp3) is 0.909. The van der Waals surface area contributed by atoms with E-state index in [4.69, 9.17) is 10.9 Å². The summed E-state index contributed by atoms with van der Waals surface area (Å²) in [5, 5.41) is 13.3. The van der Waals surface area contributed by atoms with Crippen molar-refractivity contribution in [3.63, 3.8) is 0 Å². The molecule has 0 radical (unpaired) electrons. The molecule has 5 heteroatoms. The van der Waals surface area contributed by atoms with Crippen LogP contribution < -0.4 is 11.2 Å². The third-order valence-corrected chi connectivity index (χ3v) is 3.29. The first-order valence-electron chi connectivity index (χ1n) is 6.01. The summed E-state index contributed by atoms with van der Waals surface area (Å²) in [7, 11) is 0. The summed E-state index contributed by atoms with van der Waals surface area (Å²) >= 11 is 0. The van der Waals surface area contributed by atoms with Crippen LogP contribution in [-0.2, 0) is 0 Å². The van der Waals surface area contributed by atoms with Gasteiger partial charge >= 0.3 is 6.09 Å². The second-order valence-electron chi connectivity index (χ2n) is 4.88. The minimum Gasteiger partial charge on any atom is -0.464 e. The predicted octanol–water partition coefficient (Wildman–Crippen LogP) is 1.25. The van der Waals surface area contributed by atoms with Gasteiger partial charge in [0.1, 0.15) is 0 Å². The molecule has 0 saturated carbocycles. The molecule has 2 atom stereocenters. The fourth-order valence-corrected chi connectivity index (χ4v) is 2.56. The Labute approximate surface area is 97.0 Å². The maximum absolute atomic E-state index is 11.0. The Morgan fingerprint density at radius 3 is 2.75 bits per heavy atom. The molecule has 1 heterocycles. The molecule has 4 N–H and O–H groups in total. The predicted molar refractivity (Wildman–Crippen MR) is 62.9 cm³/mol. The van der Waals surface area contributed by atoms with E-state index in [9.17, 15) is 4.79 Å². The van der Waals surface area contributed by atoms with Crippen LogP contribution in [0, 0.1) is 11.8 Å². The number of rotatable bonds is 3. The Hall–Kier alpha value is -0.810. The molecule has 1 amide bonds. The van der Waals surface area contributed by atoms with E-state index < -0.39 is 6.09 Å². The number of carboxylic acid groups (broad SMARTS) is 1. The summed E-state index contributed by atoms with van der Waals surface area (Å²) in [6.45, 7) is 5.94. The largest absolute Gasteiger partial charge is 0.464 e. The first-order chi connectivity index (χ1) is 7.54. The summed E-state index contributed by atoms with van der Waals surface area (Å²) < 4.78 is 0. The SMILES string of the molecule is CC(C)C(C1CCCCNC1)N(N)C(=O)O. The molecule has 5 nitrogen and oxygen atoms in total. The van der Waals surface area contributed by atoms with Crippen LogP contribution in [0.1, 0.15) is 33.1 Å². The zero-order chi connectivity index (χ0) is 12.1. The van der Waals surface area contributed by atoms with Crippen LogP contribution in [0.3, 0.4) is 0 Å². The monoisotopic (exact) mass is 229 g/mol. The molecule has 1 saturated heterocycles. The molecule has 94 valence electrons. The van der Waals surface area contributed by atoms with Gasteiger partial charge in [-0.15, -0.1) is 0 Å². The molecule has 1 fully saturated rings. The average molecular weight is 229 g/mol. The summed E-state index contributed by atoms with van der Waals surface area (Å²) in [6.07, 6.45) is 2.33. The van der Waals surface area contributed by atoms with Crippen molar-refractivity contribution < 1.29 is 9.90 Å². The highest BCUT2D eigenvalue weighted by Gasteiger charge is 2.31. The van der Waals surface area contributed by atoms with Crippen molar-refractivity contribution in [3.05, 3.63) is 0 Å². The highest BCUT2D eigenvalue weighted by molar-refractivity contribution is 5.64. The van der Waals surface area contributed by atoms with Crippen molar-refractivity contribution in [2.75, 3.05) is 13.1 Å². The van der Waals surface area contributed by atoms with Crippen LogP contribution in [0.5, 0.6) is 0 Å². The first-order valence-corrected chi connectivity index (χ1v) is 6.01. The Bertz CT molecular complexity index is 225. The molecule has 0 aromatic heterocycles. The van der Waals surface area contributed by atoms with Crippen molar-refractivity contribution in [2.45, 2.75) is 39.2 Å². The molecular formula is C11H23N3O2. The number of hydrogen-bond donors (Lipinski definition) is 3. The maximum atomic E-state index is 11.0. The number of hydrogen-bond acceptors (Lipinski definition) is 3. The first kappa shape index (κ1) is 13.3. The third-order valence-electron chi connectivity index (χ3n) is 3.29. The molecule has 0 spiro atoms. The van der Waals surface area contributed by atoms with Crippen molar-refractivity contribution in [1.82, 2.24) is 10.3 Å². The molecule has 0 aliphatic carbocycles. The zero-order valence-electron chi connectivity index (χ0n) is 10.1. The summed E-state index contributed by atoms with van der Waals surface area (Å²) in [5.41, 5.74) is 0. The Morgan fingerprint density at radius 1 is 1.50 bits per heavy atom. The highest BCUT2D eigenvalue weighted by atomic mass is 16.4. The van der Waals surface area contributed by atoms with E-state index in [1.807, 2.05) is 13.8 Å². The standard InChI is InChI=1S/C11H23N3O2/c1-8(2)10(14(12)11(15)16)9-5-3-4-6-13-7-9/h8-10,13H,3-7,12H2,1-2H3,(H,15,16). The van der Waals surface area contributed by atoms with Gasteiger partial charge in [-0.3, -0.25) is 0 Å². The molecule has 0 bridgehead atoms. The number of amides is 1. The lowest BCUT2D eigenvalue weighted by Crippen LogP contribution is -2.52. The van der Waals surface area contributed by atoms with Crippen molar-refractivity contribution >= 4 is 6.09 Å². The molecule has 1 aliphatic rings. The van der Waals surface area contributed by atoms with Gasteiger partial charge in [0.15, 0.2) is 0 Å². The zero-order valence-corrected chi connectivity index (χ0v) is 10.1. The van der Waals surface area contributed by atoms with Gasteiger partial charge in [-0.1, -0.05) is 20.3 Å². The van der Waals surface area contributed by atoms with Crippen LogP contribution >= 0.6 is 0 Å². The Morgan fingerprint density at radius 2 is 2.19 bits per heavy atom. The van der Waals surface area contributed by atoms with Crippen LogP contribution in [0.2, 0.25) is 0 Å². The van der Waals surface area contributed by atoms with Gasteiger partial charge in [0.05, 0.1) is 6.04 Å². The quantitative estimate of drug-likeness (QED) is 0.387. The van der Waals surface area contributed by atoms with Gasteiger partial charge in [0.2, 0.25) is 0 Å². The van der Waals surface area contributed by atoms with Crippen molar-refractivity contribution in [1.29, 1.82) is 0 Å². The van der Waals surface area contributed by atoms with Gasteiger partial charge in [-0.05, 0) is 37.8 Å². The lowest BCUT2D eigenvalue weighted by atomic mass is 9.87. The maximum Gasteiger partial charge on any atom is 0.421 e. The smallest absolute Gasteiger partial charge is 0.421 e. The van der Waals surface area contributed by atoms with Gasteiger partial charge in [-0.2, -0.15) is 0 Å². The fourth-order valence-electron chi connectivity index (χ4n) is 2.56. The second-order valence-corrected chi connectivity index (χ2v) is 4.88. The van der Waals surface area contributed by atoms with E-state index >= 15 is 0 Å². The Balaban J connectivity index is 2.70. The minimum absolute atomic E-state index is 0.0944. The van der Waals surface area contributed by atoms with Crippen molar-refractivity contribution in [2.24, 2.45) is 17.7 Å². The summed E-state index contributed by atoms with van der Waals surface area (Å²) in [4.78, 5) is 11.0.